The van der Waals surface area contributed by atoms with Crippen molar-refractivity contribution >= 4 is 27.9 Å². The Morgan fingerprint density at radius 1 is 1.16 bits per heavy atom. The van der Waals surface area contributed by atoms with Crippen LogP contribution in [0.5, 0.6) is 0 Å². The molecule has 0 saturated carbocycles. The van der Waals surface area contributed by atoms with Crippen molar-refractivity contribution in [2.45, 2.75) is 32.7 Å². The number of nitrogens with one attached hydrogen (secondary N) is 2. The molecule has 1 fully saturated rings. The fourth-order valence-corrected chi connectivity index (χ4v) is 4.40. The van der Waals surface area contributed by atoms with E-state index < -0.39 is 4.92 Å². The van der Waals surface area contributed by atoms with E-state index in [9.17, 15) is 10.1 Å². The maximum atomic E-state index is 11.0. The molecular weight excluding hydrogens is 426 g/mol. The Bertz CT molecular complexity index is 1200. The van der Waals surface area contributed by atoms with E-state index in [1.807, 2.05) is 35.9 Å². The van der Waals surface area contributed by atoms with Gasteiger partial charge in [-0.05, 0) is 44.1 Å². The van der Waals surface area contributed by atoms with Crippen molar-refractivity contribution in [2.75, 3.05) is 18.4 Å². The highest BCUT2D eigenvalue weighted by Gasteiger charge is 2.20. The standard InChI is InChI=1S/C20H19N7O2S.C2H6/c28-27(29)15-3-1-13(2-4-15)17-18(26-11-12-30-20(26)25-17)16-7-10-22-19(24-16)23-14-5-8-21-9-6-14;1-2/h1-4,7,10-12,14,21H,5-6,8-9H2,(H,22,23,24);1-2H3. The lowest BCUT2D eigenvalue weighted by Crippen LogP contribution is -2.35. The second-order valence-electron chi connectivity index (χ2n) is 7.10. The number of nitro groups is 1. The number of anilines is 1. The van der Waals surface area contributed by atoms with Crippen LogP contribution in [0.25, 0.3) is 27.6 Å². The molecule has 1 aliphatic heterocycles. The summed E-state index contributed by atoms with van der Waals surface area (Å²) in [5, 5.41) is 19.8. The van der Waals surface area contributed by atoms with Crippen LogP contribution in [0.1, 0.15) is 26.7 Å². The first kappa shape index (κ1) is 21.8. The lowest BCUT2D eigenvalue weighted by Gasteiger charge is -2.23. The average Bonchev–Trinajstić information content (AvgIpc) is 3.43. The molecule has 5 rings (SSSR count). The largest absolute Gasteiger partial charge is 0.351 e. The molecule has 0 amide bonds. The SMILES string of the molecule is CC.O=[N+]([O-])c1ccc(-c2nc3sccn3c2-c2ccnc(NC3CCNCC3)n2)cc1. The van der Waals surface area contributed by atoms with Crippen LogP contribution in [0, 0.1) is 10.1 Å². The van der Waals surface area contributed by atoms with Gasteiger partial charge in [0.15, 0.2) is 4.96 Å². The van der Waals surface area contributed by atoms with Gasteiger partial charge in [0.1, 0.15) is 5.69 Å². The van der Waals surface area contributed by atoms with E-state index >= 15 is 0 Å². The minimum absolute atomic E-state index is 0.0526. The summed E-state index contributed by atoms with van der Waals surface area (Å²) >= 11 is 1.53. The lowest BCUT2D eigenvalue weighted by molar-refractivity contribution is -0.384. The quantitative estimate of drug-likeness (QED) is 0.336. The van der Waals surface area contributed by atoms with Gasteiger partial charge >= 0.3 is 0 Å². The molecule has 2 N–H and O–H groups in total. The van der Waals surface area contributed by atoms with Gasteiger partial charge in [0, 0.05) is 41.5 Å². The summed E-state index contributed by atoms with van der Waals surface area (Å²) in [6.45, 7) is 5.97. The molecule has 0 atom stereocenters. The number of benzene rings is 1. The molecule has 32 heavy (non-hydrogen) atoms. The number of thiazole rings is 1. The Morgan fingerprint density at radius 3 is 2.62 bits per heavy atom. The smallest absolute Gasteiger partial charge is 0.269 e. The number of fused-ring (bicyclic) bond motifs is 1. The molecule has 3 aromatic heterocycles. The van der Waals surface area contributed by atoms with E-state index in [2.05, 4.69) is 15.6 Å². The van der Waals surface area contributed by atoms with Crippen LogP contribution < -0.4 is 10.6 Å². The third-order valence-corrected chi connectivity index (χ3v) is 5.94. The van der Waals surface area contributed by atoms with E-state index in [4.69, 9.17) is 9.97 Å². The maximum absolute atomic E-state index is 11.0. The van der Waals surface area contributed by atoms with Gasteiger partial charge in [-0.25, -0.2) is 15.0 Å². The third kappa shape index (κ3) is 4.46. The Balaban J connectivity index is 0.00000119. The number of nitrogens with zero attached hydrogens (tertiary/aromatic N) is 5. The van der Waals surface area contributed by atoms with Crippen molar-refractivity contribution in [3.63, 3.8) is 0 Å². The molecule has 1 aliphatic rings. The van der Waals surface area contributed by atoms with Crippen LogP contribution in [0.15, 0.2) is 48.1 Å². The van der Waals surface area contributed by atoms with Crippen molar-refractivity contribution in [3.05, 3.63) is 58.2 Å². The summed E-state index contributed by atoms with van der Waals surface area (Å²) in [6.07, 6.45) is 5.77. The molecule has 166 valence electrons. The van der Waals surface area contributed by atoms with Gasteiger partial charge < -0.3 is 10.6 Å². The summed E-state index contributed by atoms with van der Waals surface area (Å²) in [7, 11) is 0. The minimum Gasteiger partial charge on any atom is -0.351 e. The Morgan fingerprint density at radius 2 is 1.91 bits per heavy atom. The molecule has 0 unspecified atom stereocenters. The zero-order valence-corrected chi connectivity index (χ0v) is 18.8. The van der Waals surface area contributed by atoms with Crippen molar-refractivity contribution in [1.29, 1.82) is 0 Å². The normalized spacial score (nSPS) is 14.1. The number of piperidine rings is 1. The van der Waals surface area contributed by atoms with Gasteiger partial charge in [-0.3, -0.25) is 14.5 Å². The number of hydrogen-bond donors (Lipinski definition) is 2. The van der Waals surface area contributed by atoms with Crippen LogP contribution in [0.3, 0.4) is 0 Å². The highest BCUT2D eigenvalue weighted by molar-refractivity contribution is 7.15. The fourth-order valence-electron chi connectivity index (χ4n) is 3.68. The zero-order chi connectivity index (χ0) is 22.5. The Kier molecular flexibility index (Phi) is 6.72. The highest BCUT2D eigenvalue weighted by atomic mass is 32.1. The van der Waals surface area contributed by atoms with Crippen LogP contribution >= 0.6 is 11.3 Å². The van der Waals surface area contributed by atoms with E-state index in [0.29, 0.717) is 12.0 Å². The summed E-state index contributed by atoms with van der Waals surface area (Å²) in [4.78, 5) is 25.4. The summed E-state index contributed by atoms with van der Waals surface area (Å²) in [6, 6.07) is 8.66. The molecule has 1 aromatic carbocycles. The predicted octanol–water partition coefficient (Wildman–Crippen LogP) is 4.62. The van der Waals surface area contributed by atoms with E-state index in [-0.39, 0.29) is 5.69 Å². The monoisotopic (exact) mass is 451 g/mol. The molecule has 0 spiro atoms. The summed E-state index contributed by atoms with van der Waals surface area (Å²) in [5.74, 6) is 0.597. The fraction of sp³-hybridized carbons (Fsp3) is 0.318. The van der Waals surface area contributed by atoms with Crippen LogP contribution in [-0.2, 0) is 0 Å². The molecule has 9 nitrogen and oxygen atoms in total. The second kappa shape index (κ2) is 9.84. The second-order valence-corrected chi connectivity index (χ2v) is 7.98. The van der Waals surface area contributed by atoms with Crippen LogP contribution in [0.4, 0.5) is 11.6 Å². The Hall–Kier alpha value is -3.37. The van der Waals surface area contributed by atoms with Gasteiger partial charge in [-0.1, -0.05) is 13.8 Å². The molecule has 4 heterocycles. The number of aromatic nitrogens is 4. The van der Waals surface area contributed by atoms with Gasteiger partial charge in [0.05, 0.1) is 16.3 Å². The van der Waals surface area contributed by atoms with Crippen LogP contribution in [0.2, 0.25) is 0 Å². The number of nitro benzene ring substituents is 1. The van der Waals surface area contributed by atoms with E-state index in [1.165, 1.54) is 23.5 Å². The van der Waals surface area contributed by atoms with E-state index in [1.54, 1.807) is 18.3 Å². The molecule has 0 radical (unpaired) electrons. The van der Waals surface area contributed by atoms with Crippen molar-refractivity contribution in [1.82, 2.24) is 24.7 Å². The first-order valence-electron chi connectivity index (χ1n) is 10.7. The van der Waals surface area contributed by atoms with Gasteiger partial charge in [0.25, 0.3) is 5.69 Å². The first-order chi connectivity index (χ1) is 15.7. The molecule has 1 saturated heterocycles. The van der Waals surface area contributed by atoms with Crippen molar-refractivity contribution < 1.29 is 4.92 Å². The van der Waals surface area contributed by atoms with E-state index in [0.717, 1.165) is 53.5 Å². The molecule has 4 aromatic rings. The number of rotatable bonds is 5. The lowest BCUT2D eigenvalue weighted by atomic mass is 10.1. The third-order valence-electron chi connectivity index (χ3n) is 5.18. The summed E-state index contributed by atoms with van der Waals surface area (Å²) < 4.78 is 2.00. The van der Waals surface area contributed by atoms with Gasteiger partial charge in [-0.2, -0.15) is 0 Å². The highest BCUT2D eigenvalue weighted by Crippen LogP contribution is 2.34. The molecule has 0 bridgehead atoms. The summed E-state index contributed by atoms with van der Waals surface area (Å²) in [5.41, 5.74) is 3.19. The average molecular weight is 452 g/mol. The molecular formula is C22H25N7O2S. The topological polar surface area (TPSA) is 110 Å². The minimum atomic E-state index is -0.403. The maximum Gasteiger partial charge on any atom is 0.269 e. The zero-order valence-electron chi connectivity index (χ0n) is 18.0. The number of imidazole rings is 1. The first-order valence-corrected chi connectivity index (χ1v) is 11.6. The molecule has 0 aliphatic carbocycles. The van der Waals surface area contributed by atoms with Gasteiger partial charge in [-0.15, -0.1) is 11.3 Å². The molecule has 10 heteroatoms. The van der Waals surface area contributed by atoms with Crippen molar-refractivity contribution in [3.8, 4) is 22.6 Å². The predicted molar refractivity (Wildman–Crippen MR) is 127 cm³/mol. The van der Waals surface area contributed by atoms with Crippen LogP contribution in [-0.4, -0.2) is 43.4 Å². The van der Waals surface area contributed by atoms with Gasteiger partial charge in [0.2, 0.25) is 5.95 Å². The Labute approximate surface area is 189 Å². The number of non-ortho nitro benzene ring substituents is 1. The number of hydrogen-bond acceptors (Lipinski definition) is 8. The van der Waals surface area contributed by atoms with Crippen molar-refractivity contribution in [2.24, 2.45) is 0 Å².